The molecule has 1 N–H and O–H groups in total. The van der Waals surface area contributed by atoms with Gasteiger partial charge >= 0.3 is 0 Å². The smallest absolute Gasteiger partial charge is 0.223 e. The molecular formula is C21H33BNO2P. The molecule has 1 aromatic carbocycles. The summed E-state index contributed by atoms with van der Waals surface area (Å²) in [4.78, 5) is 25.5. The third-order valence-corrected chi connectivity index (χ3v) is 6.24. The van der Waals surface area contributed by atoms with Gasteiger partial charge in [0.1, 0.15) is 6.71 Å². The second-order valence-electron chi connectivity index (χ2n) is 8.24. The van der Waals surface area contributed by atoms with E-state index in [1.54, 1.807) is 0 Å². The van der Waals surface area contributed by atoms with Crippen LogP contribution in [-0.2, 0) is 16.0 Å². The van der Waals surface area contributed by atoms with Crippen LogP contribution in [0.2, 0.25) is 19.5 Å². The predicted octanol–water partition coefficient (Wildman–Crippen LogP) is 4.11. The van der Waals surface area contributed by atoms with Crippen molar-refractivity contribution < 1.29 is 9.59 Å². The van der Waals surface area contributed by atoms with E-state index in [-0.39, 0.29) is 17.6 Å². The molecule has 0 heterocycles. The maximum absolute atomic E-state index is 13.1. The molecule has 0 radical (unpaired) electrons. The van der Waals surface area contributed by atoms with Gasteiger partial charge in [0.15, 0.2) is 5.78 Å². The first kappa shape index (κ1) is 21.2. The minimum Gasteiger partial charge on any atom is -0.346 e. The summed E-state index contributed by atoms with van der Waals surface area (Å²) in [6, 6.07) is 9.55. The lowest BCUT2D eigenvalue weighted by atomic mass is 9.43. The third kappa shape index (κ3) is 6.87. The lowest BCUT2D eigenvalue weighted by Gasteiger charge is -2.24. The van der Waals surface area contributed by atoms with Crippen molar-refractivity contribution in [2.24, 2.45) is 11.8 Å². The van der Waals surface area contributed by atoms with Gasteiger partial charge in [0.05, 0.1) is 6.04 Å². The normalized spacial score (nSPS) is 17.2. The lowest BCUT2D eigenvalue weighted by molar-refractivity contribution is -0.129. The van der Waals surface area contributed by atoms with Crippen LogP contribution in [0.3, 0.4) is 0 Å². The minimum atomic E-state index is -0.427. The lowest BCUT2D eigenvalue weighted by Crippen LogP contribution is -2.45. The van der Waals surface area contributed by atoms with Crippen LogP contribution in [0.25, 0.3) is 0 Å². The van der Waals surface area contributed by atoms with Gasteiger partial charge in [0.25, 0.3) is 0 Å². The van der Waals surface area contributed by atoms with Crippen molar-refractivity contribution in [3.05, 3.63) is 35.9 Å². The van der Waals surface area contributed by atoms with Crippen molar-refractivity contribution in [3.8, 4) is 0 Å². The van der Waals surface area contributed by atoms with Crippen molar-refractivity contribution in [1.29, 1.82) is 0 Å². The number of hydrogen-bond acceptors (Lipinski definition) is 2. The van der Waals surface area contributed by atoms with Crippen molar-refractivity contribution in [2.75, 3.05) is 6.16 Å². The number of carbonyl (C=O) groups excluding carboxylic acids is 2. The molecule has 2 unspecified atom stereocenters. The van der Waals surface area contributed by atoms with Gasteiger partial charge in [0, 0.05) is 12.3 Å². The van der Waals surface area contributed by atoms with Gasteiger partial charge in [-0.3, -0.25) is 9.59 Å². The van der Waals surface area contributed by atoms with Crippen LogP contribution >= 0.6 is 9.24 Å². The van der Waals surface area contributed by atoms with Crippen LogP contribution in [0.5, 0.6) is 0 Å². The number of hydrogen-bond donors (Lipinski definition) is 1. The highest BCUT2D eigenvalue weighted by molar-refractivity contribution is 7.16. The minimum absolute atomic E-state index is 0.0300. The van der Waals surface area contributed by atoms with Crippen LogP contribution in [0.15, 0.2) is 30.3 Å². The number of Topliss-reactive ketones (excluding diaryl/α,β-unsaturated/α-hetero) is 1. The fourth-order valence-corrected chi connectivity index (χ4v) is 3.50. The molecule has 1 aromatic rings. The number of amides is 1. The molecule has 1 aliphatic rings. The fraction of sp³-hybridized carbons (Fsp3) is 0.619. The fourth-order valence-electron chi connectivity index (χ4n) is 3.29. The highest BCUT2D eigenvalue weighted by Crippen LogP contribution is 2.39. The van der Waals surface area contributed by atoms with E-state index in [0.29, 0.717) is 31.5 Å². The summed E-state index contributed by atoms with van der Waals surface area (Å²) in [6.07, 6.45) is 5.62. The Morgan fingerprint density at radius 3 is 2.42 bits per heavy atom. The molecule has 1 aliphatic carbocycles. The van der Waals surface area contributed by atoms with E-state index >= 15 is 0 Å². The second-order valence-corrected chi connectivity index (χ2v) is 8.71. The quantitative estimate of drug-likeness (QED) is 0.469. The summed E-state index contributed by atoms with van der Waals surface area (Å²) >= 11 is 0. The molecule has 1 amide bonds. The summed E-state index contributed by atoms with van der Waals surface area (Å²) < 4.78 is 0. The Bertz CT molecular complexity index is 589. The highest BCUT2D eigenvalue weighted by atomic mass is 31.0. The van der Waals surface area contributed by atoms with Gasteiger partial charge in [-0.1, -0.05) is 76.0 Å². The molecular weight excluding hydrogens is 340 g/mol. The van der Waals surface area contributed by atoms with Gasteiger partial charge in [-0.2, -0.15) is 0 Å². The van der Waals surface area contributed by atoms with Gasteiger partial charge in [-0.25, -0.2) is 0 Å². The standard InChI is InChI=1S/C21H33BNO2P/c1-15(14-26)21(25)23-19(12-16-7-5-4-6-8-16)20(24)13-18(22(2)3)11-17-9-10-17/h4-8,15,17-19H,9-14,26H2,1-3H3,(H,23,25)/t15?,18-,19+/m1/s1. The van der Waals surface area contributed by atoms with Crippen LogP contribution in [-0.4, -0.2) is 30.6 Å². The zero-order chi connectivity index (χ0) is 19.1. The number of carbonyl (C=O) groups is 2. The Labute approximate surface area is 161 Å². The molecule has 26 heavy (non-hydrogen) atoms. The Morgan fingerprint density at radius 2 is 1.88 bits per heavy atom. The predicted molar refractivity (Wildman–Crippen MR) is 114 cm³/mol. The zero-order valence-electron chi connectivity index (χ0n) is 16.4. The molecule has 142 valence electrons. The third-order valence-electron chi connectivity index (χ3n) is 5.53. The average Bonchev–Trinajstić information content (AvgIpc) is 3.44. The van der Waals surface area contributed by atoms with Gasteiger partial charge in [0.2, 0.25) is 5.91 Å². The first-order chi connectivity index (χ1) is 12.4. The zero-order valence-corrected chi connectivity index (χ0v) is 17.6. The maximum Gasteiger partial charge on any atom is 0.223 e. The van der Waals surface area contributed by atoms with E-state index in [4.69, 9.17) is 0 Å². The number of rotatable bonds is 11. The molecule has 2 rings (SSSR count). The van der Waals surface area contributed by atoms with Crippen LogP contribution < -0.4 is 5.32 Å². The second kappa shape index (κ2) is 10.3. The van der Waals surface area contributed by atoms with E-state index in [0.717, 1.165) is 17.9 Å². The monoisotopic (exact) mass is 373 g/mol. The van der Waals surface area contributed by atoms with Crippen LogP contribution in [0, 0.1) is 11.8 Å². The molecule has 0 aliphatic heterocycles. The van der Waals surface area contributed by atoms with Crippen molar-refractivity contribution in [2.45, 2.75) is 64.5 Å². The Morgan fingerprint density at radius 1 is 1.23 bits per heavy atom. The molecule has 1 fully saturated rings. The molecule has 0 saturated heterocycles. The molecule has 0 spiro atoms. The van der Waals surface area contributed by atoms with E-state index < -0.39 is 6.04 Å². The highest BCUT2D eigenvalue weighted by Gasteiger charge is 2.31. The molecule has 0 bridgehead atoms. The summed E-state index contributed by atoms with van der Waals surface area (Å²) in [5, 5.41) is 3.03. The van der Waals surface area contributed by atoms with E-state index in [9.17, 15) is 9.59 Å². The number of benzene rings is 1. The summed E-state index contributed by atoms with van der Waals surface area (Å²) in [5.74, 6) is 1.28. The molecule has 3 nitrogen and oxygen atoms in total. The number of ketones is 1. The molecule has 5 heteroatoms. The van der Waals surface area contributed by atoms with Crippen molar-refractivity contribution in [1.82, 2.24) is 5.32 Å². The summed E-state index contributed by atoms with van der Waals surface area (Å²) in [5.41, 5.74) is 1.09. The van der Waals surface area contributed by atoms with E-state index in [1.165, 1.54) is 12.8 Å². The van der Waals surface area contributed by atoms with E-state index in [1.807, 2.05) is 37.3 Å². The first-order valence-electron chi connectivity index (χ1n) is 9.97. The topological polar surface area (TPSA) is 46.2 Å². The Hall–Kier alpha value is -1.15. The Kier molecular flexibility index (Phi) is 8.35. The summed E-state index contributed by atoms with van der Waals surface area (Å²) in [6.45, 7) is 6.82. The number of nitrogens with one attached hydrogen (secondary N) is 1. The van der Waals surface area contributed by atoms with Gasteiger partial charge < -0.3 is 5.32 Å². The molecule has 0 aromatic heterocycles. The SMILES string of the molecule is CB(C)[C@@H](CC(=O)[C@H](Cc1ccccc1)NC(=O)C(C)CP)CC1CC1. The maximum atomic E-state index is 13.1. The van der Waals surface area contributed by atoms with Crippen LogP contribution in [0.1, 0.15) is 38.2 Å². The van der Waals surface area contributed by atoms with Gasteiger partial charge in [-0.15, -0.1) is 9.24 Å². The Balaban J connectivity index is 2.06. The van der Waals surface area contributed by atoms with Crippen molar-refractivity contribution in [3.63, 3.8) is 0 Å². The van der Waals surface area contributed by atoms with Crippen LogP contribution in [0.4, 0.5) is 0 Å². The molecule has 4 atom stereocenters. The summed E-state index contributed by atoms with van der Waals surface area (Å²) in [7, 11) is 2.60. The molecule has 1 saturated carbocycles. The first-order valence-corrected chi connectivity index (χ1v) is 10.8. The van der Waals surface area contributed by atoms with Crippen molar-refractivity contribution >= 4 is 27.6 Å². The van der Waals surface area contributed by atoms with Gasteiger partial charge in [-0.05, 0) is 24.1 Å². The average molecular weight is 373 g/mol. The largest absolute Gasteiger partial charge is 0.346 e. The van der Waals surface area contributed by atoms with E-state index in [2.05, 4.69) is 28.2 Å².